The van der Waals surface area contributed by atoms with Crippen LogP contribution in [-0.2, 0) is 0 Å². The van der Waals surface area contributed by atoms with E-state index in [0.29, 0.717) is 28.3 Å². The van der Waals surface area contributed by atoms with Gasteiger partial charge >= 0.3 is 0 Å². The summed E-state index contributed by atoms with van der Waals surface area (Å²) in [6, 6.07) is 10.9. The Morgan fingerprint density at radius 1 is 1.05 bits per heavy atom. The van der Waals surface area contributed by atoms with Crippen LogP contribution in [0.2, 0.25) is 0 Å². The Hall–Kier alpha value is -2.82. The molecular formula is C16H14N2O3. The topological polar surface area (TPSA) is 64.2 Å². The van der Waals surface area contributed by atoms with E-state index in [-0.39, 0.29) is 5.56 Å². The number of hydrogen-bond acceptors (Lipinski definition) is 4. The number of ether oxygens (including phenoxy) is 2. The van der Waals surface area contributed by atoms with Crippen molar-refractivity contribution < 1.29 is 9.47 Å². The minimum Gasteiger partial charge on any atom is -0.497 e. The van der Waals surface area contributed by atoms with Crippen molar-refractivity contribution in [2.75, 3.05) is 14.2 Å². The Labute approximate surface area is 121 Å². The highest BCUT2D eigenvalue weighted by Crippen LogP contribution is 2.32. The van der Waals surface area contributed by atoms with Crippen molar-refractivity contribution >= 4 is 11.0 Å². The first-order valence-electron chi connectivity index (χ1n) is 6.43. The summed E-state index contributed by atoms with van der Waals surface area (Å²) in [5, 5.41) is 0.858. The second kappa shape index (κ2) is 5.28. The zero-order valence-electron chi connectivity index (χ0n) is 11.7. The highest BCUT2D eigenvalue weighted by atomic mass is 16.5. The highest BCUT2D eigenvalue weighted by Gasteiger charge is 2.12. The van der Waals surface area contributed by atoms with E-state index in [1.807, 2.05) is 12.1 Å². The molecule has 0 atom stereocenters. The lowest BCUT2D eigenvalue weighted by molar-refractivity contribution is 0.404. The fraction of sp³-hybridized carbons (Fsp3) is 0.125. The van der Waals surface area contributed by atoms with Crippen LogP contribution in [0.15, 0.2) is 47.4 Å². The third kappa shape index (κ3) is 2.33. The van der Waals surface area contributed by atoms with Gasteiger partial charge in [-0.25, -0.2) is 4.98 Å². The van der Waals surface area contributed by atoms with Crippen LogP contribution in [0.3, 0.4) is 0 Å². The molecule has 2 aromatic heterocycles. The van der Waals surface area contributed by atoms with Gasteiger partial charge in [-0.2, -0.15) is 0 Å². The SMILES string of the molecule is COc1ccc(OC)c(-c2cc3cccnc3[nH]c2=O)c1. The van der Waals surface area contributed by atoms with Crippen LogP contribution in [0.5, 0.6) is 11.5 Å². The van der Waals surface area contributed by atoms with Crippen LogP contribution in [0.1, 0.15) is 0 Å². The van der Waals surface area contributed by atoms with Crippen LogP contribution >= 0.6 is 0 Å². The van der Waals surface area contributed by atoms with Crippen molar-refractivity contribution in [2.45, 2.75) is 0 Å². The number of fused-ring (bicyclic) bond motifs is 1. The summed E-state index contributed by atoms with van der Waals surface area (Å²) in [4.78, 5) is 19.2. The lowest BCUT2D eigenvalue weighted by Gasteiger charge is -2.10. The fourth-order valence-electron chi connectivity index (χ4n) is 2.26. The number of nitrogens with one attached hydrogen (secondary N) is 1. The van der Waals surface area contributed by atoms with Gasteiger partial charge < -0.3 is 14.5 Å². The van der Waals surface area contributed by atoms with Crippen LogP contribution in [-0.4, -0.2) is 24.2 Å². The summed E-state index contributed by atoms with van der Waals surface area (Å²) < 4.78 is 10.6. The maximum Gasteiger partial charge on any atom is 0.257 e. The molecule has 0 aliphatic heterocycles. The van der Waals surface area contributed by atoms with Crippen molar-refractivity contribution in [2.24, 2.45) is 0 Å². The molecule has 0 spiro atoms. The second-order valence-electron chi connectivity index (χ2n) is 4.52. The third-order valence-electron chi connectivity index (χ3n) is 3.31. The van der Waals surface area contributed by atoms with Gasteiger partial charge in [-0.15, -0.1) is 0 Å². The quantitative estimate of drug-likeness (QED) is 0.802. The van der Waals surface area contributed by atoms with Crippen molar-refractivity contribution in [1.82, 2.24) is 9.97 Å². The van der Waals surface area contributed by atoms with Crippen molar-refractivity contribution in [3.8, 4) is 22.6 Å². The molecule has 0 saturated carbocycles. The van der Waals surface area contributed by atoms with Crippen LogP contribution in [0.25, 0.3) is 22.2 Å². The predicted octanol–water partition coefficient (Wildman–Crippen LogP) is 2.61. The van der Waals surface area contributed by atoms with Crippen LogP contribution in [0.4, 0.5) is 0 Å². The third-order valence-corrected chi connectivity index (χ3v) is 3.31. The number of benzene rings is 1. The molecule has 0 saturated heterocycles. The Balaban J connectivity index is 2.29. The summed E-state index contributed by atoms with van der Waals surface area (Å²) in [7, 11) is 3.15. The molecule has 5 heteroatoms. The first-order valence-corrected chi connectivity index (χ1v) is 6.43. The lowest BCUT2D eigenvalue weighted by Crippen LogP contribution is -2.10. The van der Waals surface area contributed by atoms with Crippen molar-refractivity contribution in [3.05, 3.63) is 52.9 Å². The molecule has 1 N–H and O–H groups in total. The summed E-state index contributed by atoms with van der Waals surface area (Å²) in [5.41, 5.74) is 1.55. The van der Waals surface area contributed by atoms with Gasteiger partial charge in [-0.1, -0.05) is 0 Å². The summed E-state index contributed by atoms with van der Waals surface area (Å²) in [6.45, 7) is 0. The maximum absolute atomic E-state index is 12.3. The number of H-pyrrole nitrogens is 1. The molecule has 21 heavy (non-hydrogen) atoms. The first kappa shape index (κ1) is 13.2. The number of pyridine rings is 2. The van der Waals surface area contributed by atoms with E-state index in [2.05, 4.69) is 9.97 Å². The monoisotopic (exact) mass is 282 g/mol. The lowest BCUT2D eigenvalue weighted by atomic mass is 10.0. The molecule has 0 aliphatic carbocycles. The molecule has 3 rings (SSSR count). The average Bonchev–Trinajstić information content (AvgIpc) is 2.53. The van der Waals surface area contributed by atoms with E-state index in [1.54, 1.807) is 44.7 Å². The first-order chi connectivity index (χ1) is 10.2. The summed E-state index contributed by atoms with van der Waals surface area (Å²) >= 11 is 0. The summed E-state index contributed by atoms with van der Waals surface area (Å²) in [5.74, 6) is 1.28. The molecule has 0 aliphatic rings. The Kier molecular flexibility index (Phi) is 3.31. The minimum atomic E-state index is -0.215. The van der Waals surface area contributed by atoms with Crippen molar-refractivity contribution in [3.63, 3.8) is 0 Å². The largest absolute Gasteiger partial charge is 0.497 e. The van der Waals surface area contributed by atoms with E-state index in [9.17, 15) is 4.79 Å². The van der Waals surface area contributed by atoms with E-state index in [1.165, 1.54) is 0 Å². The van der Waals surface area contributed by atoms with Gasteiger partial charge in [0, 0.05) is 17.1 Å². The van der Waals surface area contributed by atoms with E-state index < -0.39 is 0 Å². The normalized spacial score (nSPS) is 10.6. The van der Waals surface area contributed by atoms with Gasteiger partial charge in [-0.05, 0) is 36.4 Å². The van der Waals surface area contributed by atoms with Gasteiger partial charge in [0.05, 0.1) is 19.8 Å². The molecule has 0 amide bonds. The standard InChI is InChI=1S/C16H14N2O3/c1-20-11-5-6-14(21-2)12(9-11)13-8-10-4-3-7-17-15(10)18-16(13)19/h3-9H,1-2H3,(H,17,18,19). The number of nitrogens with zero attached hydrogens (tertiary/aromatic N) is 1. The van der Waals surface area contributed by atoms with Gasteiger partial charge in [0.1, 0.15) is 17.1 Å². The molecule has 3 aromatic rings. The number of aromatic amines is 1. The molecule has 0 unspecified atom stereocenters. The molecule has 0 radical (unpaired) electrons. The van der Waals surface area contributed by atoms with Gasteiger partial charge in [0.25, 0.3) is 5.56 Å². The second-order valence-corrected chi connectivity index (χ2v) is 4.52. The predicted molar refractivity (Wildman–Crippen MR) is 80.9 cm³/mol. The number of hydrogen-bond donors (Lipinski definition) is 1. The Bertz CT molecular complexity index is 856. The van der Waals surface area contributed by atoms with Crippen molar-refractivity contribution in [1.29, 1.82) is 0 Å². The smallest absolute Gasteiger partial charge is 0.257 e. The number of rotatable bonds is 3. The molecule has 106 valence electrons. The molecule has 0 bridgehead atoms. The minimum absolute atomic E-state index is 0.215. The number of methoxy groups -OCH3 is 2. The molecular weight excluding hydrogens is 268 g/mol. The molecule has 0 fully saturated rings. The van der Waals surface area contributed by atoms with Gasteiger partial charge in [-0.3, -0.25) is 4.79 Å². The Morgan fingerprint density at radius 2 is 1.90 bits per heavy atom. The van der Waals surface area contributed by atoms with Gasteiger partial charge in [0.15, 0.2) is 0 Å². The molecule has 2 heterocycles. The molecule has 5 nitrogen and oxygen atoms in total. The highest BCUT2D eigenvalue weighted by molar-refractivity contribution is 5.82. The average molecular weight is 282 g/mol. The van der Waals surface area contributed by atoms with E-state index >= 15 is 0 Å². The van der Waals surface area contributed by atoms with E-state index in [4.69, 9.17) is 9.47 Å². The fourth-order valence-corrected chi connectivity index (χ4v) is 2.26. The van der Waals surface area contributed by atoms with E-state index in [0.717, 1.165) is 5.39 Å². The zero-order valence-corrected chi connectivity index (χ0v) is 11.7. The van der Waals surface area contributed by atoms with Gasteiger partial charge in [0.2, 0.25) is 0 Å². The molecule has 1 aromatic carbocycles. The Morgan fingerprint density at radius 3 is 2.67 bits per heavy atom. The van der Waals surface area contributed by atoms with Crippen LogP contribution < -0.4 is 15.0 Å². The maximum atomic E-state index is 12.3. The number of aromatic nitrogens is 2. The van der Waals surface area contributed by atoms with Crippen LogP contribution in [0, 0.1) is 0 Å². The zero-order chi connectivity index (χ0) is 14.8. The summed E-state index contributed by atoms with van der Waals surface area (Å²) in [6.07, 6.45) is 1.64.